The van der Waals surface area contributed by atoms with Gasteiger partial charge in [0.25, 0.3) is 0 Å². The molecule has 2 nitrogen and oxygen atoms in total. The molecule has 1 aromatic heterocycles. The van der Waals surface area contributed by atoms with E-state index in [2.05, 4.69) is 0 Å². The molecule has 1 atom stereocenters. The summed E-state index contributed by atoms with van der Waals surface area (Å²) in [7, 11) is 0. The van der Waals surface area contributed by atoms with Crippen LogP contribution in [-0.2, 0) is 0 Å². The van der Waals surface area contributed by atoms with Crippen LogP contribution in [0.2, 0.25) is 15.1 Å². The van der Waals surface area contributed by atoms with E-state index in [1.165, 1.54) is 6.07 Å². The number of halogens is 3. The van der Waals surface area contributed by atoms with Crippen molar-refractivity contribution in [2.45, 2.75) is 19.4 Å². The molecule has 0 aliphatic carbocycles. The van der Waals surface area contributed by atoms with Crippen LogP contribution in [-0.4, -0.2) is 5.11 Å². The van der Waals surface area contributed by atoms with Crippen LogP contribution in [0.25, 0.3) is 11.0 Å². The Bertz CT molecular complexity index is 533. The lowest BCUT2D eigenvalue weighted by Gasteiger charge is -2.01. The number of aliphatic hydroxyl groups is 1. The van der Waals surface area contributed by atoms with Crippen LogP contribution in [0, 0.1) is 0 Å². The van der Waals surface area contributed by atoms with E-state index in [1.54, 1.807) is 6.07 Å². The van der Waals surface area contributed by atoms with Gasteiger partial charge in [0.1, 0.15) is 11.9 Å². The Morgan fingerprint density at radius 2 is 1.94 bits per heavy atom. The Morgan fingerprint density at radius 1 is 1.25 bits per heavy atom. The molecule has 2 aromatic rings. The van der Waals surface area contributed by atoms with E-state index in [1.807, 2.05) is 6.92 Å². The molecular formula is C11H9Cl3O2. The zero-order valence-corrected chi connectivity index (χ0v) is 10.7. The van der Waals surface area contributed by atoms with Crippen LogP contribution in [0.3, 0.4) is 0 Å². The van der Waals surface area contributed by atoms with Gasteiger partial charge >= 0.3 is 0 Å². The summed E-state index contributed by atoms with van der Waals surface area (Å²) in [4.78, 5) is 0. The Hall–Kier alpha value is -0.410. The fourth-order valence-electron chi connectivity index (χ4n) is 1.48. The quantitative estimate of drug-likeness (QED) is 0.798. The Balaban J connectivity index is 2.70. The molecule has 0 saturated heterocycles. The van der Waals surface area contributed by atoms with E-state index in [9.17, 15) is 5.11 Å². The van der Waals surface area contributed by atoms with Gasteiger partial charge in [-0.3, -0.25) is 0 Å². The summed E-state index contributed by atoms with van der Waals surface area (Å²) < 4.78 is 5.46. The summed E-state index contributed by atoms with van der Waals surface area (Å²) >= 11 is 17.9. The van der Waals surface area contributed by atoms with E-state index >= 15 is 0 Å². The molecule has 1 unspecified atom stereocenters. The highest BCUT2D eigenvalue weighted by atomic mass is 35.5. The third kappa shape index (κ3) is 1.91. The number of furan rings is 1. The van der Waals surface area contributed by atoms with Gasteiger partial charge in [0, 0.05) is 5.39 Å². The highest BCUT2D eigenvalue weighted by Crippen LogP contribution is 2.39. The van der Waals surface area contributed by atoms with Crippen LogP contribution >= 0.6 is 34.8 Å². The normalized spacial score (nSPS) is 13.3. The maximum atomic E-state index is 9.67. The fraction of sp³-hybridized carbons (Fsp3) is 0.273. The van der Waals surface area contributed by atoms with Crippen molar-refractivity contribution >= 4 is 45.8 Å². The van der Waals surface area contributed by atoms with E-state index in [-0.39, 0.29) is 0 Å². The van der Waals surface area contributed by atoms with Gasteiger partial charge in [0.05, 0.1) is 15.1 Å². The molecule has 0 bridgehead atoms. The van der Waals surface area contributed by atoms with E-state index in [4.69, 9.17) is 39.2 Å². The minimum absolute atomic E-state index is 0.373. The SMILES string of the molecule is CCC(O)c1cc2c(Cl)c(Cl)cc(Cl)c2o1. The predicted molar refractivity (Wildman–Crippen MR) is 66.5 cm³/mol. The number of fused-ring (bicyclic) bond motifs is 1. The number of benzene rings is 1. The Morgan fingerprint density at radius 3 is 2.56 bits per heavy atom. The van der Waals surface area contributed by atoms with Crippen LogP contribution in [0.5, 0.6) is 0 Å². The first-order valence-corrected chi connectivity index (χ1v) is 5.93. The van der Waals surface area contributed by atoms with E-state index in [0.717, 1.165) is 0 Å². The second-order valence-corrected chi connectivity index (χ2v) is 4.66. The summed E-state index contributed by atoms with van der Waals surface area (Å²) in [6.07, 6.45) is -0.0960. The van der Waals surface area contributed by atoms with Gasteiger partial charge in [-0.25, -0.2) is 0 Å². The summed E-state index contributed by atoms with van der Waals surface area (Å²) in [5, 5.41) is 11.4. The molecule has 0 spiro atoms. The summed E-state index contributed by atoms with van der Waals surface area (Å²) in [6.45, 7) is 1.86. The van der Waals surface area contributed by atoms with Gasteiger partial charge in [-0.2, -0.15) is 0 Å². The fourth-order valence-corrected chi connectivity index (χ4v) is 2.20. The lowest BCUT2D eigenvalue weighted by atomic mass is 10.2. The van der Waals surface area contributed by atoms with Crippen molar-refractivity contribution < 1.29 is 9.52 Å². The van der Waals surface area contributed by atoms with Crippen molar-refractivity contribution in [1.29, 1.82) is 0 Å². The van der Waals surface area contributed by atoms with Gasteiger partial charge in [-0.05, 0) is 18.6 Å². The molecule has 5 heteroatoms. The summed E-state index contributed by atoms with van der Waals surface area (Å²) in [5.74, 6) is 0.448. The number of hydrogen-bond acceptors (Lipinski definition) is 2. The maximum absolute atomic E-state index is 9.67. The van der Waals surface area contributed by atoms with Gasteiger partial charge in [0.15, 0.2) is 5.58 Å². The minimum Gasteiger partial charge on any atom is -0.457 e. The van der Waals surface area contributed by atoms with Crippen molar-refractivity contribution in [3.63, 3.8) is 0 Å². The zero-order chi connectivity index (χ0) is 11.9. The zero-order valence-electron chi connectivity index (χ0n) is 8.43. The molecule has 16 heavy (non-hydrogen) atoms. The van der Waals surface area contributed by atoms with Gasteiger partial charge in [-0.1, -0.05) is 41.7 Å². The molecule has 1 heterocycles. The number of aliphatic hydroxyl groups excluding tert-OH is 1. The van der Waals surface area contributed by atoms with Gasteiger partial charge in [0.2, 0.25) is 0 Å². The van der Waals surface area contributed by atoms with Crippen molar-refractivity contribution in [3.05, 3.63) is 33.0 Å². The third-order valence-electron chi connectivity index (χ3n) is 2.38. The topological polar surface area (TPSA) is 33.4 Å². The van der Waals surface area contributed by atoms with Crippen LogP contribution in [0.15, 0.2) is 16.5 Å². The molecule has 0 fully saturated rings. The molecule has 0 aliphatic heterocycles. The Kier molecular flexibility index (Phi) is 3.36. The van der Waals surface area contributed by atoms with Crippen LogP contribution in [0.1, 0.15) is 25.2 Å². The average molecular weight is 280 g/mol. The maximum Gasteiger partial charge on any atom is 0.154 e. The summed E-state index contributed by atoms with van der Waals surface area (Å²) in [5.41, 5.74) is 0.457. The molecular weight excluding hydrogens is 270 g/mol. The van der Waals surface area contributed by atoms with Crippen molar-refractivity contribution in [1.82, 2.24) is 0 Å². The minimum atomic E-state index is -0.654. The van der Waals surface area contributed by atoms with Crippen LogP contribution < -0.4 is 0 Å². The molecule has 0 aliphatic rings. The standard InChI is InChI=1S/C11H9Cl3O2/c1-2-8(15)9-3-5-10(14)6(12)4-7(13)11(5)16-9/h3-4,8,15H,2H2,1H3. The van der Waals surface area contributed by atoms with Crippen LogP contribution in [0.4, 0.5) is 0 Å². The van der Waals surface area contributed by atoms with Crippen molar-refractivity contribution in [3.8, 4) is 0 Å². The van der Waals surface area contributed by atoms with Gasteiger partial charge < -0.3 is 9.52 Å². The summed E-state index contributed by atoms with van der Waals surface area (Å²) in [6, 6.07) is 3.20. The first-order chi connectivity index (χ1) is 7.54. The lowest BCUT2D eigenvalue weighted by Crippen LogP contribution is -1.91. The molecule has 1 N–H and O–H groups in total. The van der Waals surface area contributed by atoms with Crippen molar-refractivity contribution in [2.24, 2.45) is 0 Å². The Labute approximate surface area is 108 Å². The van der Waals surface area contributed by atoms with Gasteiger partial charge in [-0.15, -0.1) is 0 Å². The third-order valence-corrected chi connectivity index (χ3v) is 3.47. The molecule has 0 saturated carbocycles. The smallest absolute Gasteiger partial charge is 0.154 e. The molecule has 1 aromatic carbocycles. The predicted octanol–water partition coefficient (Wildman–Crippen LogP) is 4.84. The molecule has 0 radical (unpaired) electrons. The molecule has 0 amide bonds. The van der Waals surface area contributed by atoms with E-state index in [0.29, 0.717) is 38.2 Å². The second kappa shape index (κ2) is 4.46. The highest BCUT2D eigenvalue weighted by molar-refractivity contribution is 6.47. The largest absolute Gasteiger partial charge is 0.457 e. The van der Waals surface area contributed by atoms with E-state index < -0.39 is 6.10 Å². The molecule has 86 valence electrons. The highest BCUT2D eigenvalue weighted by Gasteiger charge is 2.17. The monoisotopic (exact) mass is 278 g/mol. The first kappa shape index (κ1) is 12.1. The lowest BCUT2D eigenvalue weighted by molar-refractivity contribution is 0.148. The average Bonchev–Trinajstić information content (AvgIpc) is 2.70. The second-order valence-electron chi connectivity index (χ2n) is 3.47. The van der Waals surface area contributed by atoms with Crippen molar-refractivity contribution in [2.75, 3.05) is 0 Å². The first-order valence-electron chi connectivity index (χ1n) is 4.79. The number of hydrogen-bond donors (Lipinski definition) is 1. The molecule has 2 rings (SSSR count). The number of rotatable bonds is 2.